The number of hydrogen-bond acceptors (Lipinski definition) is 2. The Kier molecular flexibility index (Phi) is 5.02. The molecule has 0 spiro atoms. The number of nitrogens with one attached hydrogen (secondary N) is 1. The highest BCUT2D eigenvalue weighted by Gasteiger charge is 2.15. The Balaban J connectivity index is 2.07. The molecule has 2 nitrogen and oxygen atoms in total. The van der Waals surface area contributed by atoms with Gasteiger partial charge < -0.3 is 9.73 Å². The van der Waals surface area contributed by atoms with Crippen molar-refractivity contribution in [2.45, 2.75) is 52.6 Å². The molecule has 0 aliphatic carbocycles. The molecule has 0 saturated heterocycles. The summed E-state index contributed by atoms with van der Waals surface area (Å²) in [7, 11) is 0. The van der Waals surface area contributed by atoms with E-state index in [1.807, 2.05) is 13.0 Å². The highest BCUT2D eigenvalue weighted by atomic mass is 16.3. The Bertz CT molecular complexity index is 527. The molecule has 0 fully saturated rings. The third-order valence-corrected chi connectivity index (χ3v) is 3.84. The van der Waals surface area contributed by atoms with E-state index >= 15 is 0 Å². The Morgan fingerprint density at radius 2 is 1.75 bits per heavy atom. The van der Waals surface area contributed by atoms with Gasteiger partial charge in [-0.3, -0.25) is 0 Å². The van der Waals surface area contributed by atoms with Crippen molar-refractivity contribution in [3.05, 3.63) is 59.0 Å². The summed E-state index contributed by atoms with van der Waals surface area (Å²) in [5.74, 6) is 1.97. The van der Waals surface area contributed by atoms with Crippen LogP contribution >= 0.6 is 0 Å². The maximum Gasteiger partial charge on any atom is 0.120 e. The molecule has 0 saturated carbocycles. The topological polar surface area (TPSA) is 25.2 Å². The second-order valence-corrected chi connectivity index (χ2v) is 5.39. The third-order valence-electron chi connectivity index (χ3n) is 3.84. The molecule has 1 N–H and O–H groups in total. The van der Waals surface area contributed by atoms with Gasteiger partial charge in [-0.25, -0.2) is 0 Å². The van der Waals surface area contributed by atoms with Crippen LogP contribution in [0, 0.1) is 6.92 Å². The van der Waals surface area contributed by atoms with E-state index in [-0.39, 0.29) is 6.04 Å². The number of benzene rings is 1. The van der Waals surface area contributed by atoms with E-state index < -0.39 is 0 Å². The van der Waals surface area contributed by atoms with E-state index in [4.69, 9.17) is 4.42 Å². The first-order valence-electron chi connectivity index (χ1n) is 7.55. The molecule has 0 aliphatic heterocycles. The second-order valence-electron chi connectivity index (χ2n) is 5.39. The Morgan fingerprint density at radius 3 is 2.25 bits per heavy atom. The lowest BCUT2D eigenvalue weighted by molar-refractivity contribution is 0.378. The molecule has 108 valence electrons. The number of hydrogen-bond donors (Lipinski definition) is 1. The van der Waals surface area contributed by atoms with Crippen molar-refractivity contribution in [2.24, 2.45) is 0 Å². The molecular weight excluding hydrogens is 246 g/mol. The highest BCUT2D eigenvalue weighted by Crippen LogP contribution is 2.23. The van der Waals surface area contributed by atoms with Gasteiger partial charge in [0, 0.05) is 6.04 Å². The first kappa shape index (κ1) is 14.9. The largest absolute Gasteiger partial charge is 0.465 e. The average molecular weight is 271 g/mol. The molecule has 2 unspecified atom stereocenters. The summed E-state index contributed by atoms with van der Waals surface area (Å²) in [6.45, 7) is 8.54. The van der Waals surface area contributed by atoms with E-state index in [0.717, 1.165) is 24.4 Å². The third kappa shape index (κ3) is 3.51. The average Bonchev–Trinajstić information content (AvgIpc) is 2.91. The first-order chi connectivity index (χ1) is 9.63. The van der Waals surface area contributed by atoms with Gasteiger partial charge in [-0.2, -0.15) is 0 Å². The monoisotopic (exact) mass is 271 g/mol. The van der Waals surface area contributed by atoms with Crippen LogP contribution in [0.2, 0.25) is 0 Å². The molecule has 1 aromatic carbocycles. The summed E-state index contributed by atoms with van der Waals surface area (Å²) in [5, 5.41) is 3.66. The minimum Gasteiger partial charge on any atom is -0.465 e. The molecule has 2 heteroatoms. The Labute approximate surface area is 122 Å². The maximum atomic E-state index is 5.70. The lowest BCUT2D eigenvalue weighted by Crippen LogP contribution is -2.24. The SMILES string of the molecule is CCc1ccc(C(CC)NC(C)c2ccc(C)o2)cc1. The maximum absolute atomic E-state index is 5.70. The van der Waals surface area contributed by atoms with Gasteiger partial charge in [0.15, 0.2) is 0 Å². The van der Waals surface area contributed by atoms with Crippen LogP contribution in [0.1, 0.15) is 61.9 Å². The van der Waals surface area contributed by atoms with Gasteiger partial charge >= 0.3 is 0 Å². The van der Waals surface area contributed by atoms with E-state index in [1.165, 1.54) is 11.1 Å². The second kappa shape index (κ2) is 6.76. The summed E-state index contributed by atoms with van der Waals surface area (Å²) in [6.07, 6.45) is 2.15. The van der Waals surface area contributed by atoms with Crippen LogP contribution in [0.4, 0.5) is 0 Å². The fourth-order valence-electron chi connectivity index (χ4n) is 2.51. The van der Waals surface area contributed by atoms with Crippen molar-refractivity contribution in [1.29, 1.82) is 0 Å². The molecule has 0 bridgehead atoms. The number of rotatable bonds is 6. The zero-order valence-electron chi connectivity index (χ0n) is 12.9. The molecule has 1 heterocycles. The first-order valence-corrected chi connectivity index (χ1v) is 7.55. The van der Waals surface area contributed by atoms with Crippen LogP contribution in [-0.4, -0.2) is 0 Å². The van der Waals surface area contributed by atoms with Crippen LogP contribution in [0.25, 0.3) is 0 Å². The van der Waals surface area contributed by atoms with Gasteiger partial charge in [0.05, 0.1) is 6.04 Å². The molecule has 2 rings (SSSR count). The van der Waals surface area contributed by atoms with Crippen molar-refractivity contribution in [1.82, 2.24) is 5.32 Å². The van der Waals surface area contributed by atoms with E-state index in [2.05, 4.69) is 56.4 Å². The van der Waals surface area contributed by atoms with E-state index in [0.29, 0.717) is 6.04 Å². The van der Waals surface area contributed by atoms with Crippen LogP contribution in [0.15, 0.2) is 40.8 Å². The number of furan rings is 1. The van der Waals surface area contributed by atoms with Gasteiger partial charge in [-0.15, -0.1) is 0 Å². The van der Waals surface area contributed by atoms with Gasteiger partial charge in [-0.1, -0.05) is 38.1 Å². The minimum absolute atomic E-state index is 0.222. The zero-order valence-corrected chi connectivity index (χ0v) is 12.9. The van der Waals surface area contributed by atoms with Crippen LogP contribution in [0.5, 0.6) is 0 Å². The molecule has 2 atom stereocenters. The molecule has 0 radical (unpaired) electrons. The number of aryl methyl sites for hydroxylation is 2. The van der Waals surface area contributed by atoms with Gasteiger partial charge in [0.25, 0.3) is 0 Å². The molecule has 0 amide bonds. The molecule has 0 aliphatic rings. The van der Waals surface area contributed by atoms with Gasteiger partial charge in [-0.05, 0) is 49.9 Å². The highest BCUT2D eigenvalue weighted by molar-refractivity contribution is 5.25. The van der Waals surface area contributed by atoms with Crippen molar-refractivity contribution in [3.8, 4) is 0 Å². The van der Waals surface area contributed by atoms with Crippen molar-refractivity contribution < 1.29 is 4.42 Å². The predicted octanol–water partition coefficient (Wildman–Crippen LogP) is 4.95. The van der Waals surface area contributed by atoms with E-state index in [9.17, 15) is 0 Å². The predicted molar refractivity (Wildman–Crippen MR) is 83.8 cm³/mol. The van der Waals surface area contributed by atoms with E-state index in [1.54, 1.807) is 0 Å². The Morgan fingerprint density at radius 1 is 1.05 bits per heavy atom. The van der Waals surface area contributed by atoms with Gasteiger partial charge in [0.1, 0.15) is 11.5 Å². The normalized spacial score (nSPS) is 14.2. The summed E-state index contributed by atoms with van der Waals surface area (Å²) < 4.78 is 5.70. The quantitative estimate of drug-likeness (QED) is 0.804. The molecule has 1 aromatic heterocycles. The smallest absolute Gasteiger partial charge is 0.120 e. The van der Waals surface area contributed by atoms with Crippen LogP contribution in [0.3, 0.4) is 0 Å². The Hall–Kier alpha value is -1.54. The fraction of sp³-hybridized carbons (Fsp3) is 0.444. The zero-order chi connectivity index (χ0) is 14.5. The van der Waals surface area contributed by atoms with Crippen molar-refractivity contribution in [2.75, 3.05) is 0 Å². The summed E-state index contributed by atoms with van der Waals surface area (Å²) in [5.41, 5.74) is 2.73. The minimum atomic E-state index is 0.222. The summed E-state index contributed by atoms with van der Waals surface area (Å²) in [4.78, 5) is 0. The standard InChI is InChI=1S/C18H25NO/c1-5-15-8-10-16(11-9-15)17(6-2)19-14(4)18-12-7-13(3)20-18/h7-12,14,17,19H,5-6H2,1-4H3. The fourth-order valence-corrected chi connectivity index (χ4v) is 2.51. The lowest BCUT2D eigenvalue weighted by atomic mass is 10.0. The van der Waals surface area contributed by atoms with Crippen LogP contribution < -0.4 is 5.32 Å². The molecular formula is C18H25NO. The lowest BCUT2D eigenvalue weighted by Gasteiger charge is -2.21. The van der Waals surface area contributed by atoms with Crippen molar-refractivity contribution in [3.63, 3.8) is 0 Å². The van der Waals surface area contributed by atoms with Crippen molar-refractivity contribution >= 4 is 0 Å². The summed E-state index contributed by atoms with van der Waals surface area (Å²) >= 11 is 0. The van der Waals surface area contributed by atoms with Crippen LogP contribution in [-0.2, 0) is 6.42 Å². The molecule has 2 aromatic rings. The molecule has 20 heavy (non-hydrogen) atoms. The van der Waals surface area contributed by atoms with Gasteiger partial charge in [0.2, 0.25) is 0 Å². The summed E-state index contributed by atoms with van der Waals surface area (Å²) in [6, 6.07) is 13.6.